The van der Waals surface area contributed by atoms with Gasteiger partial charge in [0.25, 0.3) is 0 Å². The topological polar surface area (TPSA) is 65.2 Å². The van der Waals surface area contributed by atoms with Gasteiger partial charge in [-0.25, -0.2) is 4.98 Å². The van der Waals surface area contributed by atoms with Crippen molar-refractivity contribution in [2.45, 2.75) is 26.2 Å². The third kappa shape index (κ3) is 2.35. The highest BCUT2D eigenvalue weighted by Gasteiger charge is 2.51. The predicted octanol–water partition coefficient (Wildman–Crippen LogP) is 1.52. The maximum Gasteiger partial charge on any atom is 0.313 e. The molecule has 1 unspecified atom stereocenters. The SMILES string of the molecule is COC(=O)C(CN)(Cc1nc(C)cs1)C1CC1. The fraction of sp³-hybridized carbons (Fsp3) is 0.667. The lowest BCUT2D eigenvalue weighted by molar-refractivity contribution is -0.153. The second-order valence-corrected chi connectivity index (χ2v) is 5.63. The zero-order valence-corrected chi connectivity index (χ0v) is 11.0. The average Bonchev–Trinajstić information content (AvgIpc) is 3.10. The Labute approximate surface area is 105 Å². The van der Waals surface area contributed by atoms with Crippen LogP contribution in [0.15, 0.2) is 5.38 Å². The summed E-state index contributed by atoms with van der Waals surface area (Å²) >= 11 is 1.59. The first kappa shape index (κ1) is 12.5. The number of carbonyl (C=O) groups excluding carboxylic acids is 1. The number of methoxy groups -OCH3 is 1. The number of aromatic nitrogens is 1. The zero-order valence-electron chi connectivity index (χ0n) is 10.2. The number of aryl methyl sites for hydroxylation is 1. The number of thiazole rings is 1. The molecule has 94 valence electrons. The van der Waals surface area contributed by atoms with Crippen molar-refractivity contribution in [3.05, 3.63) is 16.1 Å². The quantitative estimate of drug-likeness (QED) is 0.809. The molecule has 1 fully saturated rings. The number of hydrogen-bond acceptors (Lipinski definition) is 5. The van der Waals surface area contributed by atoms with Crippen molar-refractivity contribution in [2.75, 3.05) is 13.7 Å². The van der Waals surface area contributed by atoms with Crippen molar-refractivity contribution in [1.29, 1.82) is 0 Å². The van der Waals surface area contributed by atoms with Crippen LogP contribution in [0.5, 0.6) is 0 Å². The molecule has 0 amide bonds. The molecule has 1 heterocycles. The summed E-state index contributed by atoms with van der Waals surface area (Å²) in [5.41, 5.74) is 6.30. The van der Waals surface area contributed by atoms with Crippen molar-refractivity contribution in [2.24, 2.45) is 17.1 Å². The number of carbonyl (C=O) groups is 1. The van der Waals surface area contributed by atoms with E-state index in [0.717, 1.165) is 23.5 Å². The summed E-state index contributed by atoms with van der Waals surface area (Å²) in [5.74, 6) is 0.180. The lowest BCUT2D eigenvalue weighted by Crippen LogP contribution is -2.43. The number of ether oxygens (including phenoxy) is 1. The van der Waals surface area contributed by atoms with Gasteiger partial charge in [0.2, 0.25) is 0 Å². The molecule has 2 rings (SSSR count). The third-order valence-corrected chi connectivity index (χ3v) is 4.41. The van der Waals surface area contributed by atoms with Crippen molar-refractivity contribution in [3.63, 3.8) is 0 Å². The van der Waals surface area contributed by atoms with Crippen LogP contribution in [0.25, 0.3) is 0 Å². The monoisotopic (exact) mass is 254 g/mol. The molecule has 1 saturated carbocycles. The molecule has 0 aliphatic heterocycles. The highest BCUT2D eigenvalue weighted by Crippen LogP contribution is 2.48. The standard InChI is InChI=1S/C12H18N2O2S/c1-8-6-17-10(14-8)5-12(7-13,9-3-4-9)11(15)16-2/h6,9H,3-5,7,13H2,1-2H3. The first-order valence-electron chi connectivity index (χ1n) is 5.82. The summed E-state index contributed by atoms with van der Waals surface area (Å²) in [6.07, 6.45) is 2.74. The Kier molecular flexibility index (Phi) is 3.49. The molecule has 0 bridgehead atoms. The van der Waals surface area contributed by atoms with Gasteiger partial charge in [0, 0.05) is 24.0 Å². The Hall–Kier alpha value is -0.940. The molecule has 1 aliphatic carbocycles. The number of nitrogens with zero attached hydrogens (tertiary/aromatic N) is 1. The molecule has 1 aromatic rings. The van der Waals surface area contributed by atoms with E-state index in [1.807, 2.05) is 12.3 Å². The van der Waals surface area contributed by atoms with Crippen LogP contribution in [-0.2, 0) is 16.0 Å². The van der Waals surface area contributed by atoms with Gasteiger partial charge >= 0.3 is 5.97 Å². The van der Waals surface area contributed by atoms with Gasteiger partial charge in [-0.15, -0.1) is 11.3 Å². The van der Waals surface area contributed by atoms with Gasteiger partial charge in [-0.3, -0.25) is 4.79 Å². The van der Waals surface area contributed by atoms with E-state index in [9.17, 15) is 4.79 Å². The lowest BCUT2D eigenvalue weighted by Gasteiger charge is -2.28. The molecule has 4 nitrogen and oxygen atoms in total. The minimum absolute atomic E-state index is 0.185. The first-order chi connectivity index (χ1) is 8.12. The van der Waals surface area contributed by atoms with Gasteiger partial charge in [-0.05, 0) is 25.7 Å². The van der Waals surface area contributed by atoms with Crippen molar-refractivity contribution >= 4 is 17.3 Å². The Bertz CT molecular complexity index is 414. The Morgan fingerprint density at radius 2 is 2.41 bits per heavy atom. The fourth-order valence-corrected chi connectivity index (χ4v) is 3.20. The van der Waals surface area contributed by atoms with E-state index >= 15 is 0 Å². The van der Waals surface area contributed by atoms with Crippen molar-refractivity contribution in [3.8, 4) is 0 Å². The molecule has 0 spiro atoms. The van der Waals surface area contributed by atoms with Crippen LogP contribution in [0.2, 0.25) is 0 Å². The van der Waals surface area contributed by atoms with E-state index in [1.165, 1.54) is 7.11 Å². The zero-order chi connectivity index (χ0) is 12.5. The maximum atomic E-state index is 12.0. The average molecular weight is 254 g/mol. The molecule has 1 aliphatic rings. The highest BCUT2D eigenvalue weighted by atomic mass is 32.1. The van der Waals surface area contributed by atoms with Gasteiger partial charge in [0.1, 0.15) is 0 Å². The third-order valence-electron chi connectivity index (χ3n) is 3.45. The van der Waals surface area contributed by atoms with Crippen molar-refractivity contribution in [1.82, 2.24) is 4.98 Å². The second kappa shape index (κ2) is 4.74. The molecule has 5 heteroatoms. The predicted molar refractivity (Wildman–Crippen MR) is 66.8 cm³/mol. The summed E-state index contributed by atoms with van der Waals surface area (Å²) in [4.78, 5) is 16.5. The van der Waals surface area contributed by atoms with Crippen LogP contribution in [0.3, 0.4) is 0 Å². The van der Waals surface area contributed by atoms with Gasteiger partial charge in [0.15, 0.2) is 0 Å². The Morgan fingerprint density at radius 1 is 1.71 bits per heavy atom. The second-order valence-electron chi connectivity index (χ2n) is 4.69. The summed E-state index contributed by atoms with van der Waals surface area (Å²) in [5, 5.41) is 2.98. The summed E-state index contributed by atoms with van der Waals surface area (Å²) in [7, 11) is 1.43. The van der Waals surface area contributed by atoms with Crippen LogP contribution in [0, 0.1) is 18.3 Å². The van der Waals surface area contributed by atoms with E-state index < -0.39 is 5.41 Å². The molecule has 0 aromatic carbocycles. The largest absolute Gasteiger partial charge is 0.469 e. The maximum absolute atomic E-state index is 12.0. The van der Waals surface area contributed by atoms with Gasteiger partial charge in [0.05, 0.1) is 17.5 Å². The van der Waals surface area contributed by atoms with E-state index in [2.05, 4.69) is 4.98 Å². The molecule has 17 heavy (non-hydrogen) atoms. The van der Waals surface area contributed by atoms with E-state index in [-0.39, 0.29) is 5.97 Å². The highest BCUT2D eigenvalue weighted by molar-refractivity contribution is 7.09. The molecule has 0 saturated heterocycles. The van der Waals surface area contributed by atoms with E-state index in [1.54, 1.807) is 11.3 Å². The van der Waals surface area contributed by atoms with Crippen LogP contribution in [0.4, 0.5) is 0 Å². The molecule has 1 aromatic heterocycles. The van der Waals surface area contributed by atoms with Crippen LogP contribution in [-0.4, -0.2) is 24.6 Å². The number of rotatable bonds is 5. The number of nitrogens with two attached hydrogens (primary N) is 1. The minimum atomic E-state index is -0.557. The molecule has 0 radical (unpaired) electrons. The van der Waals surface area contributed by atoms with Crippen LogP contribution in [0.1, 0.15) is 23.5 Å². The number of hydrogen-bond donors (Lipinski definition) is 1. The van der Waals surface area contributed by atoms with Crippen LogP contribution < -0.4 is 5.73 Å². The molecular weight excluding hydrogens is 236 g/mol. The van der Waals surface area contributed by atoms with Crippen molar-refractivity contribution < 1.29 is 9.53 Å². The van der Waals surface area contributed by atoms with E-state index in [0.29, 0.717) is 18.9 Å². The summed E-state index contributed by atoms with van der Waals surface area (Å²) in [6.45, 7) is 2.29. The molecule has 1 atom stereocenters. The Balaban J connectivity index is 2.23. The van der Waals surface area contributed by atoms with Gasteiger partial charge in [-0.1, -0.05) is 0 Å². The van der Waals surface area contributed by atoms with Gasteiger partial charge < -0.3 is 10.5 Å². The number of esters is 1. The summed E-state index contributed by atoms with van der Waals surface area (Å²) < 4.78 is 4.94. The normalized spacial score (nSPS) is 18.8. The first-order valence-corrected chi connectivity index (χ1v) is 6.70. The minimum Gasteiger partial charge on any atom is -0.469 e. The van der Waals surface area contributed by atoms with Crippen LogP contribution >= 0.6 is 11.3 Å². The molecular formula is C12H18N2O2S. The lowest BCUT2D eigenvalue weighted by atomic mass is 9.79. The Morgan fingerprint density at radius 3 is 2.82 bits per heavy atom. The summed E-state index contributed by atoms with van der Waals surface area (Å²) in [6, 6.07) is 0. The van der Waals surface area contributed by atoms with Gasteiger partial charge in [-0.2, -0.15) is 0 Å². The fourth-order valence-electron chi connectivity index (χ4n) is 2.30. The molecule has 2 N–H and O–H groups in total. The smallest absolute Gasteiger partial charge is 0.313 e. The van der Waals surface area contributed by atoms with E-state index in [4.69, 9.17) is 10.5 Å².